The van der Waals surface area contributed by atoms with Gasteiger partial charge in [-0.2, -0.15) is 0 Å². The zero-order chi connectivity index (χ0) is 17.9. The number of hydrogen-bond acceptors (Lipinski definition) is 5. The number of benzene rings is 1. The molecule has 2 unspecified atom stereocenters. The predicted molar refractivity (Wildman–Crippen MR) is 92.1 cm³/mol. The number of ether oxygens (including phenoxy) is 2. The Kier molecular flexibility index (Phi) is 4.43. The molecular weight excluding hydrogens is 334 g/mol. The molecule has 2 heterocycles. The molecule has 2 aliphatic rings. The Morgan fingerprint density at radius 1 is 0.923 bits per heavy atom. The lowest BCUT2D eigenvalue weighted by Crippen LogP contribution is -2.29. The van der Waals surface area contributed by atoms with Crippen LogP contribution in [0.25, 0.3) is 0 Å². The number of rotatable bonds is 6. The van der Waals surface area contributed by atoms with Gasteiger partial charge >= 0.3 is 0 Å². The highest BCUT2D eigenvalue weighted by Crippen LogP contribution is 2.39. The number of fused-ring (bicyclic) bond motifs is 1. The predicted octanol–water partition coefficient (Wildman–Crippen LogP) is 1.38. The monoisotopic (exact) mass is 353 g/mol. The second-order valence-corrected chi connectivity index (χ2v) is 6.43. The molecule has 7 heteroatoms. The zero-order valence-electron chi connectivity index (χ0n) is 14.1. The summed E-state index contributed by atoms with van der Waals surface area (Å²) < 4.78 is 10.6. The number of nitrogens with one attached hydrogen (secondary N) is 2. The lowest BCUT2D eigenvalue weighted by molar-refractivity contribution is -0.127. The third kappa shape index (κ3) is 3.61. The molecule has 2 atom stereocenters. The average Bonchev–Trinajstić information content (AvgIpc) is 3.35. The largest absolute Gasteiger partial charge is 0.454 e. The Morgan fingerprint density at radius 3 is 2.31 bits per heavy atom. The van der Waals surface area contributed by atoms with E-state index in [4.69, 9.17) is 9.47 Å². The van der Waals surface area contributed by atoms with Gasteiger partial charge in [-0.3, -0.25) is 14.6 Å². The normalized spacial score (nSPS) is 19.7. The van der Waals surface area contributed by atoms with Gasteiger partial charge in [-0.1, -0.05) is 6.07 Å². The van der Waals surface area contributed by atoms with Crippen molar-refractivity contribution in [2.45, 2.75) is 19.5 Å². The molecule has 134 valence electrons. The van der Waals surface area contributed by atoms with E-state index in [1.807, 2.05) is 30.3 Å². The molecule has 7 nitrogen and oxygen atoms in total. The van der Waals surface area contributed by atoms with Gasteiger partial charge in [0.25, 0.3) is 0 Å². The summed E-state index contributed by atoms with van der Waals surface area (Å²) in [6, 6.07) is 9.27. The molecule has 2 N–H and O–H groups in total. The van der Waals surface area contributed by atoms with Crippen LogP contribution < -0.4 is 20.1 Å². The SMILES string of the molecule is O=C(NCc1ccncc1)C1CC1C(=O)NCc1ccc2c(c1)OCO2. The summed E-state index contributed by atoms with van der Waals surface area (Å²) in [5.41, 5.74) is 1.92. The second-order valence-electron chi connectivity index (χ2n) is 6.43. The van der Waals surface area contributed by atoms with Gasteiger partial charge in [0.1, 0.15) is 0 Å². The first-order valence-electron chi connectivity index (χ1n) is 8.53. The van der Waals surface area contributed by atoms with Crippen LogP contribution in [0.2, 0.25) is 0 Å². The van der Waals surface area contributed by atoms with E-state index in [9.17, 15) is 9.59 Å². The average molecular weight is 353 g/mol. The van der Waals surface area contributed by atoms with E-state index >= 15 is 0 Å². The lowest BCUT2D eigenvalue weighted by atomic mass is 10.2. The van der Waals surface area contributed by atoms with Gasteiger partial charge in [0.05, 0.1) is 11.8 Å². The van der Waals surface area contributed by atoms with Crippen LogP contribution in [0.1, 0.15) is 17.5 Å². The van der Waals surface area contributed by atoms with E-state index < -0.39 is 0 Å². The molecule has 0 saturated heterocycles. The highest BCUT2D eigenvalue weighted by atomic mass is 16.7. The fraction of sp³-hybridized carbons (Fsp3) is 0.316. The summed E-state index contributed by atoms with van der Waals surface area (Å²) in [4.78, 5) is 28.3. The highest BCUT2D eigenvalue weighted by molar-refractivity contribution is 5.92. The van der Waals surface area contributed by atoms with E-state index in [-0.39, 0.29) is 30.4 Å². The standard InChI is InChI=1S/C19H19N3O4/c23-18(21-9-12-3-5-20-6-4-12)14-8-15(14)19(24)22-10-13-1-2-16-17(7-13)26-11-25-16/h1-7,14-15H,8-11H2,(H,21,23)(H,22,24). The van der Waals surface area contributed by atoms with Crippen LogP contribution in [0.3, 0.4) is 0 Å². The summed E-state index contributed by atoms with van der Waals surface area (Å²) in [5.74, 6) is 0.747. The van der Waals surface area contributed by atoms with Gasteiger partial charge < -0.3 is 20.1 Å². The van der Waals surface area contributed by atoms with Crippen LogP contribution in [-0.2, 0) is 22.7 Å². The van der Waals surface area contributed by atoms with Crippen LogP contribution >= 0.6 is 0 Å². The van der Waals surface area contributed by atoms with Gasteiger partial charge in [0, 0.05) is 25.5 Å². The highest BCUT2D eigenvalue weighted by Gasteiger charge is 2.47. The molecule has 1 saturated carbocycles. The molecule has 0 radical (unpaired) electrons. The molecule has 0 bridgehead atoms. The van der Waals surface area contributed by atoms with Crippen LogP contribution in [-0.4, -0.2) is 23.6 Å². The molecule has 1 aromatic heterocycles. The fourth-order valence-corrected chi connectivity index (χ4v) is 2.97. The van der Waals surface area contributed by atoms with Crippen molar-refractivity contribution in [2.24, 2.45) is 11.8 Å². The van der Waals surface area contributed by atoms with Crippen molar-refractivity contribution in [1.82, 2.24) is 15.6 Å². The number of carbonyl (C=O) groups is 2. The maximum atomic E-state index is 12.2. The van der Waals surface area contributed by atoms with Crippen molar-refractivity contribution in [2.75, 3.05) is 6.79 Å². The van der Waals surface area contributed by atoms with Crippen LogP contribution in [0.15, 0.2) is 42.7 Å². The molecular formula is C19H19N3O4. The second kappa shape index (κ2) is 7.03. The van der Waals surface area contributed by atoms with Gasteiger partial charge in [0.2, 0.25) is 18.6 Å². The van der Waals surface area contributed by atoms with E-state index in [1.54, 1.807) is 12.4 Å². The zero-order valence-corrected chi connectivity index (χ0v) is 14.1. The van der Waals surface area contributed by atoms with Crippen molar-refractivity contribution < 1.29 is 19.1 Å². The number of nitrogens with zero attached hydrogens (tertiary/aromatic N) is 1. The molecule has 1 fully saturated rings. The summed E-state index contributed by atoms with van der Waals surface area (Å²) in [7, 11) is 0. The van der Waals surface area contributed by atoms with Gasteiger partial charge in [0.15, 0.2) is 11.5 Å². The Morgan fingerprint density at radius 2 is 1.58 bits per heavy atom. The van der Waals surface area contributed by atoms with Crippen LogP contribution in [0, 0.1) is 11.8 Å². The topological polar surface area (TPSA) is 89.6 Å². The minimum absolute atomic E-state index is 0.0787. The lowest BCUT2D eigenvalue weighted by Gasteiger charge is -2.07. The van der Waals surface area contributed by atoms with Gasteiger partial charge in [-0.25, -0.2) is 0 Å². The van der Waals surface area contributed by atoms with E-state index in [1.165, 1.54) is 0 Å². The molecule has 26 heavy (non-hydrogen) atoms. The van der Waals surface area contributed by atoms with Gasteiger partial charge in [-0.15, -0.1) is 0 Å². The smallest absolute Gasteiger partial charge is 0.231 e. The maximum absolute atomic E-state index is 12.2. The Hall–Kier alpha value is -3.09. The number of aromatic nitrogens is 1. The maximum Gasteiger partial charge on any atom is 0.231 e. The quantitative estimate of drug-likeness (QED) is 0.819. The molecule has 1 aliphatic carbocycles. The summed E-state index contributed by atoms with van der Waals surface area (Å²) in [5, 5.41) is 5.76. The van der Waals surface area contributed by atoms with Crippen molar-refractivity contribution >= 4 is 11.8 Å². The molecule has 1 aliphatic heterocycles. The Balaban J connectivity index is 1.23. The number of carbonyl (C=O) groups excluding carboxylic acids is 2. The summed E-state index contributed by atoms with van der Waals surface area (Å²) in [6.45, 7) is 1.07. The summed E-state index contributed by atoms with van der Waals surface area (Å²) >= 11 is 0. The van der Waals surface area contributed by atoms with E-state index in [2.05, 4.69) is 15.6 Å². The first-order valence-corrected chi connectivity index (χ1v) is 8.53. The third-order valence-electron chi connectivity index (χ3n) is 4.58. The van der Waals surface area contributed by atoms with Crippen LogP contribution in [0.4, 0.5) is 0 Å². The van der Waals surface area contributed by atoms with Crippen LogP contribution in [0.5, 0.6) is 11.5 Å². The van der Waals surface area contributed by atoms with Crippen molar-refractivity contribution in [3.63, 3.8) is 0 Å². The van der Waals surface area contributed by atoms with Crippen molar-refractivity contribution in [1.29, 1.82) is 0 Å². The van der Waals surface area contributed by atoms with Crippen molar-refractivity contribution in [3.8, 4) is 11.5 Å². The van der Waals surface area contributed by atoms with E-state index in [0.29, 0.717) is 31.0 Å². The first kappa shape index (κ1) is 16.4. The van der Waals surface area contributed by atoms with Gasteiger partial charge in [-0.05, 0) is 41.8 Å². The number of amides is 2. The molecule has 0 spiro atoms. The Bertz CT molecular complexity index is 825. The van der Waals surface area contributed by atoms with E-state index in [0.717, 1.165) is 11.1 Å². The minimum atomic E-state index is -0.249. The molecule has 4 rings (SSSR count). The third-order valence-corrected chi connectivity index (χ3v) is 4.58. The fourth-order valence-electron chi connectivity index (χ4n) is 2.97. The molecule has 2 amide bonds. The molecule has 1 aromatic carbocycles. The number of pyridine rings is 1. The number of hydrogen-bond donors (Lipinski definition) is 2. The summed E-state index contributed by atoms with van der Waals surface area (Å²) in [6.07, 6.45) is 3.96. The molecule has 2 aromatic rings. The Labute approximate surface area is 150 Å². The minimum Gasteiger partial charge on any atom is -0.454 e. The van der Waals surface area contributed by atoms with Crippen molar-refractivity contribution in [3.05, 3.63) is 53.9 Å². The first-order chi connectivity index (χ1) is 12.7.